The van der Waals surface area contributed by atoms with Crippen molar-refractivity contribution in [3.05, 3.63) is 23.0 Å². The molecule has 0 radical (unpaired) electrons. The summed E-state index contributed by atoms with van der Waals surface area (Å²) in [6, 6.07) is 3.77. The summed E-state index contributed by atoms with van der Waals surface area (Å²) in [5, 5.41) is -0.265. The molecule has 0 aliphatic carbocycles. The van der Waals surface area contributed by atoms with Crippen LogP contribution in [-0.2, 0) is 15.3 Å². The molecule has 3 unspecified atom stereocenters. The number of sulfone groups is 1. The van der Waals surface area contributed by atoms with Crippen LogP contribution in [0.5, 0.6) is 0 Å². The number of piperidine rings is 1. The van der Waals surface area contributed by atoms with Crippen LogP contribution in [-0.4, -0.2) is 42.7 Å². The minimum absolute atomic E-state index is 0.0984. The van der Waals surface area contributed by atoms with E-state index < -0.39 is 15.1 Å². The molecule has 2 aromatic rings. The van der Waals surface area contributed by atoms with Crippen molar-refractivity contribution in [3.63, 3.8) is 0 Å². The third kappa shape index (κ3) is 3.64. The summed E-state index contributed by atoms with van der Waals surface area (Å²) in [4.78, 5) is 6.88. The average Bonchev–Trinajstić information content (AvgIpc) is 3.00. The lowest BCUT2D eigenvalue weighted by Gasteiger charge is -2.41. The zero-order chi connectivity index (χ0) is 20.1. The lowest BCUT2D eigenvalue weighted by atomic mass is 9.95. The zero-order valence-electron chi connectivity index (χ0n) is 16.9. The predicted octanol–water partition coefficient (Wildman–Crippen LogP) is 4.81. The summed E-state index contributed by atoms with van der Waals surface area (Å²) in [7, 11) is -1.57. The Labute approximate surface area is 167 Å². The first-order valence-electron chi connectivity index (χ1n) is 9.52. The molecule has 0 N–H and O–H groups in total. The molecule has 1 aromatic heterocycles. The van der Waals surface area contributed by atoms with E-state index in [2.05, 4.69) is 30.8 Å². The number of hydrogen-bond donors (Lipinski definition) is 0. The fourth-order valence-corrected chi connectivity index (χ4v) is 6.43. The van der Waals surface area contributed by atoms with Gasteiger partial charge in [-0.3, -0.25) is 0 Å². The summed E-state index contributed by atoms with van der Waals surface area (Å²) in [6.07, 6.45) is 2.11. The second-order valence-electron chi connectivity index (χ2n) is 8.71. The molecule has 3 atom stereocenters. The first-order valence-corrected chi connectivity index (χ1v) is 11.4. The van der Waals surface area contributed by atoms with Crippen LogP contribution in [0.3, 0.4) is 0 Å². The van der Waals surface area contributed by atoms with Crippen molar-refractivity contribution in [3.8, 4) is 0 Å². The van der Waals surface area contributed by atoms with Crippen LogP contribution in [0.4, 0.5) is 0 Å². The Hall–Kier alpha value is -1.11. The van der Waals surface area contributed by atoms with Crippen LogP contribution in [0.15, 0.2) is 21.4 Å². The number of rotatable bonds is 3. The molecule has 5 nitrogen and oxygen atoms in total. The maximum atomic E-state index is 13.6. The first kappa shape index (κ1) is 20.6. The number of aromatic nitrogens is 1. The summed E-state index contributed by atoms with van der Waals surface area (Å²) < 4.78 is 33.1. The van der Waals surface area contributed by atoms with Gasteiger partial charge >= 0.3 is 0 Å². The highest BCUT2D eigenvalue weighted by molar-refractivity contribution is 7.92. The smallest absolute Gasteiger partial charge is 0.200 e. The number of halogens is 1. The quantitative estimate of drug-likeness (QED) is 0.723. The largest absolute Gasteiger partial charge is 0.439 e. The van der Waals surface area contributed by atoms with Crippen LogP contribution in [0.25, 0.3) is 11.1 Å². The Morgan fingerprint density at radius 2 is 1.96 bits per heavy atom. The highest BCUT2D eigenvalue weighted by Crippen LogP contribution is 2.39. The molecule has 27 heavy (non-hydrogen) atoms. The van der Waals surface area contributed by atoms with Crippen molar-refractivity contribution in [1.29, 1.82) is 0 Å². The topological polar surface area (TPSA) is 63.4 Å². The van der Waals surface area contributed by atoms with Gasteiger partial charge in [0.25, 0.3) is 0 Å². The summed E-state index contributed by atoms with van der Waals surface area (Å²) in [5.74, 6) is 0.513. The van der Waals surface area contributed by atoms with E-state index in [9.17, 15) is 8.42 Å². The number of benzene rings is 1. The van der Waals surface area contributed by atoms with E-state index in [1.54, 1.807) is 12.1 Å². The zero-order valence-corrected chi connectivity index (χ0v) is 18.5. The Morgan fingerprint density at radius 3 is 2.56 bits per heavy atom. The number of fused-ring (bicyclic) bond motifs is 1. The maximum absolute atomic E-state index is 13.6. The second-order valence-corrected chi connectivity index (χ2v) is 11.3. The molecule has 0 amide bonds. The van der Waals surface area contributed by atoms with E-state index in [1.165, 1.54) is 0 Å². The Balaban J connectivity index is 2.13. The van der Waals surface area contributed by atoms with E-state index in [4.69, 9.17) is 16.0 Å². The fraction of sp³-hybridized carbons (Fsp3) is 0.650. The number of hydrogen-bond acceptors (Lipinski definition) is 5. The third-order valence-electron chi connectivity index (χ3n) is 5.71. The lowest BCUT2D eigenvalue weighted by molar-refractivity contribution is 0.124. The second kappa shape index (κ2) is 7.05. The van der Waals surface area contributed by atoms with E-state index in [-0.39, 0.29) is 33.0 Å². The highest BCUT2D eigenvalue weighted by atomic mass is 35.5. The van der Waals surface area contributed by atoms with E-state index in [0.29, 0.717) is 24.2 Å². The molecule has 1 aromatic carbocycles. The Bertz CT molecular complexity index is 946. The van der Waals surface area contributed by atoms with Gasteiger partial charge in [-0.2, -0.15) is 0 Å². The molecular weight excluding hydrogens is 384 g/mol. The van der Waals surface area contributed by atoms with Crippen LogP contribution < -0.4 is 0 Å². The minimum Gasteiger partial charge on any atom is -0.439 e. The Morgan fingerprint density at radius 1 is 1.30 bits per heavy atom. The molecule has 0 saturated carbocycles. The molecule has 2 heterocycles. The van der Waals surface area contributed by atoms with E-state index in [0.717, 1.165) is 6.42 Å². The first-order chi connectivity index (χ1) is 12.5. The maximum Gasteiger partial charge on any atom is 0.200 e. The molecule has 1 aliphatic rings. The van der Waals surface area contributed by atoms with E-state index >= 15 is 0 Å². The Kier molecular flexibility index (Phi) is 5.38. The van der Waals surface area contributed by atoms with Crippen molar-refractivity contribution in [2.75, 3.05) is 7.05 Å². The van der Waals surface area contributed by atoms with Gasteiger partial charge in [0.2, 0.25) is 5.89 Å². The summed E-state index contributed by atoms with van der Waals surface area (Å²) >= 11 is 6.39. The summed E-state index contributed by atoms with van der Waals surface area (Å²) in [6.45, 7) is 10.1. The van der Waals surface area contributed by atoms with Gasteiger partial charge in [-0.1, -0.05) is 39.3 Å². The van der Waals surface area contributed by atoms with Crippen LogP contribution in [0.2, 0.25) is 5.02 Å². The fourth-order valence-electron chi connectivity index (χ4n) is 3.88. The third-order valence-corrected chi connectivity index (χ3v) is 8.37. The van der Waals surface area contributed by atoms with Crippen LogP contribution in [0.1, 0.15) is 59.8 Å². The number of oxazole rings is 1. The lowest BCUT2D eigenvalue weighted by Crippen LogP contribution is -2.49. The SMILES string of the molecule is CCC1CC(S(=O)(=O)c2c(Cl)ccc3nc(C(C)(C)C)oc23)CC(C)N1C. The van der Waals surface area contributed by atoms with E-state index in [1.807, 2.05) is 20.8 Å². The minimum atomic E-state index is -3.64. The highest BCUT2D eigenvalue weighted by Gasteiger charge is 2.40. The molecule has 150 valence electrons. The molecule has 1 aliphatic heterocycles. The van der Waals surface area contributed by atoms with Crippen molar-refractivity contribution < 1.29 is 12.8 Å². The van der Waals surface area contributed by atoms with Crippen LogP contribution >= 0.6 is 11.6 Å². The van der Waals surface area contributed by atoms with Gasteiger partial charge in [-0.25, -0.2) is 13.4 Å². The van der Waals surface area contributed by atoms with Crippen LogP contribution in [0, 0.1) is 0 Å². The molecule has 1 fully saturated rings. The molecule has 1 saturated heterocycles. The standard InChI is InChI=1S/C20H29ClN2O3S/c1-7-13-11-14(10-12(2)23(13)6)27(24,25)18-15(21)8-9-16-17(18)26-19(22-16)20(3,4)5/h8-9,12-14H,7,10-11H2,1-6H3. The van der Waals surface area contributed by atoms with Gasteiger partial charge in [0, 0.05) is 17.5 Å². The molecule has 7 heteroatoms. The van der Waals surface area contributed by atoms with Crippen molar-refractivity contribution >= 4 is 32.5 Å². The van der Waals surface area contributed by atoms with Crippen molar-refractivity contribution in [2.24, 2.45) is 0 Å². The van der Waals surface area contributed by atoms with Gasteiger partial charge in [0.15, 0.2) is 15.4 Å². The van der Waals surface area contributed by atoms with Crippen molar-refractivity contribution in [2.45, 2.75) is 81.5 Å². The monoisotopic (exact) mass is 412 g/mol. The van der Waals surface area contributed by atoms with Gasteiger partial charge in [-0.15, -0.1) is 0 Å². The van der Waals surface area contributed by atoms with Crippen molar-refractivity contribution in [1.82, 2.24) is 9.88 Å². The average molecular weight is 413 g/mol. The summed E-state index contributed by atoms with van der Waals surface area (Å²) in [5.41, 5.74) is 0.505. The van der Waals surface area contributed by atoms with Gasteiger partial charge in [0.05, 0.1) is 10.3 Å². The number of nitrogens with zero attached hydrogens (tertiary/aromatic N) is 2. The van der Waals surface area contributed by atoms with Gasteiger partial charge < -0.3 is 9.32 Å². The van der Waals surface area contributed by atoms with Gasteiger partial charge in [0.1, 0.15) is 10.4 Å². The normalized spacial score (nSPS) is 25.2. The number of likely N-dealkylation sites (tertiary alicyclic amines) is 1. The molecule has 0 bridgehead atoms. The van der Waals surface area contributed by atoms with Gasteiger partial charge in [-0.05, 0) is 45.4 Å². The molecular formula is C20H29ClN2O3S. The predicted molar refractivity (Wildman–Crippen MR) is 109 cm³/mol. The molecule has 3 rings (SSSR count). The molecule has 0 spiro atoms.